The Kier molecular flexibility index (Phi) is 4.70. The van der Waals surface area contributed by atoms with E-state index in [1.165, 1.54) is 0 Å². The van der Waals surface area contributed by atoms with Gasteiger partial charge in [-0.3, -0.25) is 9.40 Å². The van der Waals surface area contributed by atoms with Crippen molar-refractivity contribution in [1.29, 1.82) is 0 Å². The monoisotopic (exact) mass is 431 g/mol. The molecule has 10 heteroatoms. The summed E-state index contributed by atoms with van der Waals surface area (Å²) in [7, 11) is -2.04. The number of aromatic nitrogens is 3. The van der Waals surface area contributed by atoms with Crippen LogP contribution in [-0.2, 0) is 16.6 Å². The van der Waals surface area contributed by atoms with Crippen molar-refractivity contribution in [3.8, 4) is 5.75 Å². The third-order valence-corrected chi connectivity index (χ3v) is 7.67. The van der Waals surface area contributed by atoms with Gasteiger partial charge in [-0.05, 0) is 56.1 Å². The number of anilines is 1. The van der Waals surface area contributed by atoms with Gasteiger partial charge in [0.1, 0.15) is 11.1 Å². The van der Waals surface area contributed by atoms with Crippen molar-refractivity contribution in [3.63, 3.8) is 0 Å². The molecule has 9 nitrogen and oxygen atoms in total. The Morgan fingerprint density at radius 3 is 3.00 bits per heavy atom. The zero-order chi connectivity index (χ0) is 20.8. The Morgan fingerprint density at radius 2 is 2.20 bits per heavy atom. The molecular weight excluding hydrogens is 406 g/mol. The Bertz CT molecular complexity index is 1150. The molecule has 0 radical (unpaired) electrons. The predicted octanol–water partition coefficient (Wildman–Crippen LogP) is 2.31. The van der Waals surface area contributed by atoms with E-state index in [2.05, 4.69) is 19.9 Å². The van der Waals surface area contributed by atoms with Crippen molar-refractivity contribution in [2.45, 2.75) is 25.8 Å². The fourth-order valence-corrected chi connectivity index (χ4v) is 6.56. The molecule has 2 atom stereocenters. The lowest BCUT2D eigenvalue weighted by Gasteiger charge is -2.33. The highest BCUT2D eigenvalue weighted by Gasteiger charge is 2.44. The highest BCUT2D eigenvalue weighted by Crippen LogP contribution is 2.41. The van der Waals surface area contributed by atoms with E-state index < -0.39 is 10.0 Å². The quantitative estimate of drug-likeness (QED) is 0.612. The van der Waals surface area contributed by atoms with Crippen LogP contribution in [0, 0.1) is 5.41 Å². The van der Waals surface area contributed by atoms with E-state index in [0.29, 0.717) is 23.3 Å². The standard InChI is InChI=1S/C20H25N5O4S/c1-28-16-10-15(12-25-8-3-6-21-25)11-17-18(16)19(22-29-17)23-30(26,27)14-20-4-2-7-24(13-20)9-5-20/h3,6,8,10-11H,2,4-5,7,9,12-14H2,1H3,(H,22,23). The van der Waals surface area contributed by atoms with E-state index >= 15 is 0 Å². The highest BCUT2D eigenvalue weighted by atomic mass is 32.2. The molecule has 0 amide bonds. The Morgan fingerprint density at radius 1 is 1.30 bits per heavy atom. The minimum atomic E-state index is -3.58. The number of rotatable bonds is 7. The van der Waals surface area contributed by atoms with Gasteiger partial charge in [0, 0.05) is 24.4 Å². The first-order valence-electron chi connectivity index (χ1n) is 10.1. The van der Waals surface area contributed by atoms with Crippen LogP contribution in [0.2, 0.25) is 0 Å². The van der Waals surface area contributed by atoms with Gasteiger partial charge in [0.15, 0.2) is 11.4 Å². The molecule has 2 fully saturated rings. The van der Waals surface area contributed by atoms with Gasteiger partial charge in [0.2, 0.25) is 10.0 Å². The van der Waals surface area contributed by atoms with E-state index in [9.17, 15) is 8.42 Å². The van der Waals surface area contributed by atoms with E-state index in [0.717, 1.165) is 44.5 Å². The number of piperidine rings is 1. The Labute approximate surface area is 175 Å². The van der Waals surface area contributed by atoms with E-state index in [1.807, 2.05) is 24.4 Å². The van der Waals surface area contributed by atoms with Crippen LogP contribution in [0.1, 0.15) is 24.8 Å². The highest BCUT2D eigenvalue weighted by molar-refractivity contribution is 7.92. The largest absolute Gasteiger partial charge is 0.496 e. The maximum Gasteiger partial charge on any atom is 0.234 e. The summed E-state index contributed by atoms with van der Waals surface area (Å²) in [5, 5.41) is 8.74. The molecule has 2 aliphatic rings. The predicted molar refractivity (Wildman–Crippen MR) is 112 cm³/mol. The number of fused-ring (bicyclic) bond motifs is 3. The van der Waals surface area contributed by atoms with Crippen LogP contribution in [-0.4, -0.2) is 60.8 Å². The van der Waals surface area contributed by atoms with Gasteiger partial charge in [-0.2, -0.15) is 5.10 Å². The van der Waals surface area contributed by atoms with Crippen LogP contribution in [0.4, 0.5) is 5.82 Å². The number of nitrogens with zero attached hydrogens (tertiary/aromatic N) is 4. The summed E-state index contributed by atoms with van der Waals surface area (Å²) in [4.78, 5) is 2.36. The number of benzene rings is 1. The molecule has 2 saturated heterocycles. The second-order valence-electron chi connectivity index (χ2n) is 8.40. The summed E-state index contributed by atoms with van der Waals surface area (Å²) < 4.78 is 41.4. The Balaban J connectivity index is 1.41. The van der Waals surface area contributed by atoms with Crippen molar-refractivity contribution >= 4 is 26.8 Å². The summed E-state index contributed by atoms with van der Waals surface area (Å²) in [6.45, 7) is 3.45. The first kappa shape index (κ1) is 19.4. The van der Waals surface area contributed by atoms with Gasteiger partial charge in [0.05, 0.1) is 19.4 Å². The minimum Gasteiger partial charge on any atom is -0.496 e. The van der Waals surface area contributed by atoms with Gasteiger partial charge in [-0.25, -0.2) is 8.42 Å². The molecule has 2 unspecified atom stereocenters. The topological polar surface area (TPSA) is 102 Å². The summed E-state index contributed by atoms with van der Waals surface area (Å²) >= 11 is 0. The van der Waals surface area contributed by atoms with Crippen molar-refractivity contribution in [3.05, 3.63) is 36.2 Å². The minimum absolute atomic E-state index is 0.102. The molecule has 2 aliphatic heterocycles. The van der Waals surface area contributed by atoms with Crippen molar-refractivity contribution in [2.75, 3.05) is 37.2 Å². The second-order valence-corrected chi connectivity index (χ2v) is 10.1. The zero-order valence-electron chi connectivity index (χ0n) is 16.9. The van der Waals surface area contributed by atoms with Crippen LogP contribution in [0.5, 0.6) is 5.75 Å². The number of hydrogen-bond donors (Lipinski definition) is 1. The number of sulfonamides is 1. The van der Waals surface area contributed by atoms with E-state index in [4.69, 9.17) is 9.26 Å². The van der Waals surface area contributed by atoms with Crippen molar-refractivity contribution in [1.82, 2.24) is 19.8 Å². The molecule has 5 rings (SSSR count). The van der Waals surface area contributed by atoms with Gasteiger partial charge >= 0.3 is 0 Å². The van der Waals surface area contributed by atoms with Crippen LogP contribution in [0.3, 0.4) is 0 Å². The normalized spacial score (nSPS) is 23.7. The number of hydrogen-bond acceptors (Lipinski definition) is 7. The van der Waals surface area contributed by atoms with Gasteiger partial charge in [0.25, 0.3) is 0 Å². The molecule has 2 bridgehead atoms. The maximum atomic E-state index is 13.0. The Hall–Kier alpha value is -2.59. The zero-order valence-corrected chi connectivity index (χ0v) is 17.7. The smallest absolute Gasteiger partial charge is 0.234 e. The molecule has 2 aromatic heterocycles. The fraction of sp³-hybridized carbons (Fsp3) is 0.500. The molecule has 30 heavy (non-hydrogen) atoms. The van der Waals surface area contributed by atoms with Crippen molar-refractivity contribution < 1.29 is 17.7 Å². The lowest BCUT2D eigenvalue weighted by atomic mass is 9.83. The summed E-state index contributed by atoms with van der Waals surface area (Å²) in [5.74, 6) is 0.788. The van der Waals surface area contributed by atoms with E-state index in [-0.39, 0.29) is 17.0 Å². The maximum absolute atomic E-state index is 13.0. The third-order valence-electron chi connectivity index (χ3n) is 6.17. The van der Waals surface area contributed by atoms with E-state index in [1.54, 1.807) is 18.0 Å². The first-order valence-corrected chi connectivity index (χ1v) is 11.8. The molecule has 160 valence electrons. The summed E-state index contributed by atoms with van der Waals surface area (Å²) in [6, 6.07) is 5.54. The van der Waals surface area contributed by atoms with Crippen LogP contribution < -0.4 is 9.46 Å². The molecule has 0 saturated carbocycles. The molecule has 4 heterocycles. The SMILES string of the molecule is COc1cc(Cn2cccn2)cc2onc(NS(=O)(=O)CC34CCCN(CC3)C4)c12. The molecule has 1 N–H and O–H groups in total. The van der Waals surface area contributed by atoms with Crippen LogP contribution >= 0.6 is 0 Å². The second kappa shape index (κ2) is 7.28. The first-order chi connectivity index (χ1) is 14.5. The average Bonchev–Trinajstić information content (AvgIpc) is 3.41. The molecule has 0 spiro atoms. The lowest BCUT2D eigenvalue weighted by Crippen LogP contribution is -2.39. The number of methoxy groups -OCH3 is 1. The van der Waals surface area contributed by atoms with Gasteiger partial charge in [-0.1, -0.05) is 5.16 Å². The average molecular weight is 432 g/mol. The lowest BCUT2D eigenvalue weighted by molar-refractivity contribution is 0.203. The molecule has 1 aromatic carbocycles. The van der Waals surface area contributed by atoms with Crippen molar-refractivity contribution in [2.24, 2.45) is 5.41 Å². The van der Waals surface area contributed by atoms with Gasteiger partial charge < -0.3 is 14.2 Å². The molecule has 0 aliphatic carbocycles. The molecular formula is C20H25N5O4S. The third kappa shape index (κ3) is 3.65. The van der Waals surface area contributed by atoms with Crippen LogP contribution in [0.15, 0.2) is 35.1 Å². The van der Waals surface area contributed by atoms with Crippen LogP contribution in [0.25, 0.3) is 11.0 Å². The molecule has 3 aromatic rings. The van der Waals surface area contributed by atoms with Gasteiger partial charge in [-0.15, -0.1) is 0 Å². The number of nitrogens with one attached hydrogen (secondary N) is 1. The number of ether oxygens (including phenoxy) is 1. The summed E-state index contributed by atoms with van der Waals surface area (Å²) in [6.07, 6.45) is 6.50. The fourth-order valence-electron chi connectivity index (χ4n) is 4.87. The summed E-state index contributed by atoms with van der Waals surface area (Å²) in [5.41, 5.74) is 1.22.